The van der Waals surface area contributed by atoms with Crippen molar-refractivity contribution in [1.29, 1.82) is 10.8 Å². The van der Waals surface area contributed by atoms with Gasteiger partial charge in [0, 0.05) is 31.5 Å². The van der Waals surface area contributed by atoms with E-state index in [2.05, 4.69) is 91.7 Å². The van der Waals surface area contributed by atoms with Crippen molar-refractivity contribution in [2.45, 2.75) is 178 Å². The monoisotopic (exact) mass is 1490 g/mol. The van der Waals surface area contributed by atoms with Crippen LogP contribution in [0, 0.1) is 28.6 Å². The number of imidazole rings is 1. The van der Waals surface area contributed by atoms with Gasteiger partial charge < -0.3 is 133 Å². The fourth-order valence-corrected chi connectivity index (χ4v) is 9.73. The predicted octanol–water partition coefficient (Wildman–Crippen LogP) is -10.8. The van der Waals surface area contributed by atoms with Crippen LogP contribution in [0.4, 0.5) is 0 Å². The number of hydrogen-bond donors (Lipinski definition) is 28. The lowest BCUT2D eigenvalue weighted by Gasteiger charge is -2.29. The number of nitrogens with zero attached hydrogens (tertiary/aromatic N) is 1. The Kier molecular flexibility index (Phi) is 43.6. The number of amides is 13. The molecular formula is C60H107N23O19S. The Morgan fingerprint density at radius 3 is 1.23 bits per heavy atom. The lowest BCUT2D eigenvalue weighted by Crippen LogP contribution is -2.61. The topological polar surface area (TPSA) is 701 Å². The van der Waals surface area contributed by atoms with Crippen LogP contribution < -0.4 is 103 Å². The zero-order valence-corrected chi connectivity index (χ0v) is 59.5. The molecule has 0 saturated carbocycles. The number of rotatable bonds is 51. The van der Waals surface area contributed by atoms with Gasteiger partial charge in [0.25, 0.3) is 0 Å². The summed E-state index contributed by atoms with van der Waals surface area (Å²) >= 11 is 4.22. The van der Waals surface area contributed by atoms with Crippen LogP contribution in [0.1, 0.15) is 105 Å². The van der Waals surface area contributed by atoms with E-state index in [1.54, 1.807) is 41.5 Å². The molecule has 0 bridgehead atoms. The number of aliphatic carboxylic acids is 1. The zero-order chi connectivity index (χ0) is 78.1. The first-order chi connectivity index (χ1) is 48.6. The normalized spacial score (nSPS) is 14.6. The van der Waals surface area contributed by atoms with Crippen LogP contribution in [0.3, 0.4) is 0 Å². The Morgan fingerprint density at radius 1 is 0.466 bits per heavy atom. The summed E-state index contributed by atoms with van der Waals surface area (Å²) in [5, 5.41) is 99.7. The van der Waals surface area contributed by atoms with E-state index >= 15 is 0 Å². The summed E-state index contributed by atoms with van der Waals surface area (Å²) in [5.41, 5.74) is 22.4. The van der Waals surface area contributed by atoms with Crippen molar-refractivity contribution < 1.29 is 92.7 Å². The number of carboxylic acids is 1. The molecule has 13 amide bonds. The minimum atomic E-state index is -1.80. The van der Waals surface area contributed by atoms with Gasteiger partial charge in [0.05, 0.1) is 51.5 Å². The first kappa shape index (κ1) is 91.5. The third kappa shape index (κ3) is 36.2. The molecule has 42 nitrogen and oxygen atoms in total. The number of unbranched alkanes of at least 4 members (excludes halogenated alkanes) is 1. The van der Waals surface area contributed by atoms with Gasteiger partial charge in [-0.2, -0.15) is 12.6 Å². The van der Waals surface area contributed by atoms with Gasteiger partial charge >= 0.3 is 5.97 Å². The summed E-state index contributed by atoms with van der Waals surface area (Å²) in [4.78, 5) is 195. The van der Waals surface area contributed by atoms with Crippen molar-refractivity contribution in [1.82, 2.24) is 89.7 Å². The summed E-state index contributed by atoms with van der Waals surface area (Å²) < 4.78 is 0. The van der Waals surface area contributed by atoms with E-state index in [-0.39, 0.29) is 107 Å². The van der Waals surface area contributed by atoms with Crippen molar-refractivity contribution in [3.63, 3.8) is 0 Å². The molecule has 43 heteroatoms. The fourth-order valence-electron chi connectivity index (χ4n) is 9.47. The third-order valence-electron chi connectivity index (χ3n) is 15.0. The molecule has 0 saturated heterocycles. The number of aromatic nitrogens is 2. The number of guanidine groups is 2. The van der Waals surface area contributed by atoms with Gasteiger partial charge in [-0.05, 0) is 82.1 Å². The lowest BCUT2D eigenvalue weighted by atomic mass is 9.98. The Morgan fingerprint density at radius 2 is 0.835 bits per heavy atom. The van der Waals surface area contributed by atoms with Crippen molar-refractivity contribution in [3.05, 3.63) is 18.2 Å². The molecule has 582 valence electrons. The summed E-state index contributed by atoms with van der Waals surface area (Å²) in [6.07, 6.45) is 3.16. The molecule has 31 N–H and O–H groups in total. The average Bonchev–Trinajstić information content (AvgIpc) is 0.920. The quantitative estimate of drug-likeness (QED) is 0.0125. The largest absolute Gasteiger partial charge is 0.480 e. The number of aliphatic hydroxyl groups is 4. The lowest BCUT2D eigenvalue weighted by molar-refractivity contribution is -0.142. The number of carbonyl (C=O) groups is 14. The van der Waals surface area contributed by atoms with E-state index in [1.807, 2.05) is 10.6 Å². The van der Waals surface area contributed by atoms with E-state index in [1.165, 1.54) is 12.5 Å². The molecule has 0 unspecified atom stereocenters. The number of carboxylic acid groups (broad SMARTS) is 1. The summed E-state index contributed by atoms with van der Waals surface area (Å²) in [6.45, 7) is 4.88. The van der Waals surface area contributed by atoms with Crippen LogP contribution in [0.2, 0.25) is 0 Å². The van der Waals surface area contributed by atoms with E-state index < -0.39 is 201 Å². The number of thiol groups is 1. The molecule has 1 aromatic heterocycles. The number of aromatic amines is 1. The van der Waals surface area contributed by atoms with E-state index in [9.17, 15) is 87.5 Å². The Bertz CT molecular complexity index is 2970. The molecule has 0 spiro atoms. The van der Waals surface area contributed by atoms with Crippen LogP contribution in [0.25, 0.3) is 0 Å². The number of hydrogen-bond acceptors (Lipinski definition) is 24. The standard InChI is InChI=1S/C60H107N23O19S/c1-29(2)17-37(73-44(88)21-71-49(92)40(24-85)81-55(98)42(26-87)82-54(97)41(25-86)80-47(90)33(62)23-84)48(91)70-22-45(89)74-43(27-103)56(99)77-34(11-7-8-14-61)52(95)83-46(31(5)6)57(100)78-38(18-30(3)4)53(96)76-35(12-9-15-68-59(63)64)50(93)75-36(13-10-16-69-60(65)66)51(94)79-39(58(101)102)19-32-20-67-28-72-32/h20,28-31,33-43,46,84-87,103H,7-19,21-27,61-62H2,1-6H3,(H,67,72)(H,70,91)(H,71,92)(H,73,88)(H,74,89)(H,75,93)(H,76,96)(H,77,99)(H,78,100)(H,79,94)(H,80,90)(H,81,98)(H,82,97)(H,83,95)(H,101,102)(H4,63,64,68)(H4,65,66,69)/t33-,34-,35-,36-,37-,38-,39-,40-,41-,42-,43-,46-/m0/s1. The van der Waals surface area contributed by atoms with Crippen molar-refractivity contribution >= 4 is 107 Å². The summed E-state index contributed by atoms with van der Waals surface area (Å²) in [7, 11) is 0. The van der Waals surface area contributed by atoms with E-state index in [0.29, 0.717) is 12.1 Å². The molecule has 0 aromatic carbocycles. The molecule has 1 rings (SSSR count). The molecule has 0 radical (unpaired) electrons. The predicted molar refractivity (Wildman–Crippen MR) is 372 cm³/mol. The molecule has 1 aromatic rings. The molecule has 0 aliphatic carbocycles. The van der Waals surface area contributed by atoms with Crippen molar-refractivity contribution in [2.75, 3.05) is 64.9 Å². The van der Waals surface area contributed by atoms with E-state index in [4.69, 9.17) is 38.9 Å². The number of nitrogens with one attached hydrogen (secondary N) is 18. The van der Waals surface area contributed by atoms with Crippen molar-refractivity contribution in [2.24, 2.45) is 40.7 Å². The van der Waals surface area contributed by atoms with Gasteiger partial charge in [-0.15, -0.1) is 0 Å². The maximum Gasteiger partial charge on any atom is 0.326 e. The summed E-state index contributed by atoms with van der Waals surface area (Å²) in [6, 6.07) is -17.9. The van der Waals surface area contributed by atoms with Gasteiger partial charge in [-0.25, -0.2) is 9.78 Å². The fraction of sp³-hybridized carbons (Fsp3) is 0.683. The highest BCUT2D eigenvalue weighted by molar-refractivity contribution is 7.80. The van der Waals surface area contributed by atoms with Gasteiger partial charge in [0.15, 0.2) is 11.9 Å². The SMILES string of the molecule is CC(C)C[C@H](NC(=O)CNC(=O)[C@H](CO)NC(=O)[C@H](CO)NC(=O)[C@H](CO)NC(=O)[C@@H](N)CO)C(=O)NCC(=O)N[C@@H](CS)C(=O)N[C@@H](CCCCN)C(=O)N[C@H](C(=O)N[C@@H](CC(C)C)C(=O)N[C@@H](CCCNC(=N)N)C(=O)N[C@@H](CCCNC(=N)N)C(=O)N[C@@H](Cc1c[nH]cn1)C(=O)O)C(C)C. The molecule has 1 heterocycles. The molecule has 103 heavy (non-hydrogen) atoms. The van der Waals surface area contributed by atoms with Gasteiger partial charge in [-0.3, -0.25) is 73.1 Å². The molecule has 12 atom stereocenters. The second-order valence-corrected chi connectivity index (χ2v) is 25.4. The first-order valence-electron chi connectivity index (χ1n) is 33.3. The smallest absolute Gasteiger partial charge is 0.326 e. The first-order valence-corrected chi connectivity index (χ1v) is 33.9. The van der Waals surface area contributed by atoms with Crippen LogP contribution in [0.5, 0.6) is 0 Å². The highest BCUT2D eigenvalue weighted by Crippen LogP contribution is 2.13. The van der Waals surface area contributed by atoms with Crippen LogP contribution >= 0.6 is 12.6 Å². The minimum absolute atomic E-state index is 0.0105. The van der Waals surface area contributed by atoms with Gasteiger partial charge in [-0.1, -0.05) is 41.5 Å². The van der Waals surface area contributed by atoms with Gasteiger partial charge in [0.2, 0.25) is 76.8 Å². The Labute approximate surface area is 600 Å². The van der Waals surface area contributed by atoms with Crippen molar-refractivity contribution in [3.8, 4) is 0 Å². The van der Waals surface area contributed by atoms with Crippen LogP contribution in [0.15, 0.2) is 12.5 Å². The average molecular weight is 1490 g/mol. The number of aliphatic hydroxyl groups excluding tert-OH is 4. The number of carbonyl (C=O) groups excluding carboxylic acids is 13. The van der Waals surface area contributed by atoms with Crippen LogP contribution in [-0.4, -0.2) is 268 Å². The maximum atomic E-state index is 14.4. The molecular weight excluding hydrogens is 1380 g/mol. The summed E-state index contributed by atoms with van der Waals surface area (Å²) in [5.74, 6) is -16.4. The third-order valence-corrected chi connectivity index (χ3v) is 15.4. The minimum Gasteiger partial charge on any atom is -0.480 e. The molecule has 0 aliphatic rings. The molecule has 0 aliphatic heterocycles. The maximum absolute atomic E-state index is 14.4. The second-order valence-electron chi connectivity index (χ2n) is 25.0. The van der Waals surface area contributed by atoms with Crippen LogP contribution in [-0.2, 0) is 73.5 Å². The zero-order valence-electron chi connectivity index (χ0n) is 58.6. The highest BCUT2D eigenvalue weighted by Gasteiger charge is 2.37. The highest BCUT2D eigenvalue weighted by atomic mass is 32.1. The number of H-pyrrole nitrogens is 1. The van der Waals surface area contributed by atoms with E-state index in [0.717, 1.165) is 0 Å². The molecule has 0 fully saturated rings. The Balaban J connectivity index is 3.28. The van der Waals surface area contributed by atoms with Gasteiger partial charge in [0.1, 0.15) is 72.5 Å². The second kappa shape index (κ2) is 49.1. The number of nitrogens with two attached hydrogens (primary N) is 4. The Hall–Kier alpha value is -9.56.